The summed E-state index contributed by atoms with van der Waals surface area (Å²) in [4.78, 5) is 38.4. The first-order valence-electron chi connectivity index (χ1n) is 8.75. The minimum absolute atomic E-state index is 0.0343. The van der Waals surface area contributed by atoms with E-state index in [0.29, 0.717) is 34.8 Å². The van der Waals surface area contributed by atoms with Gasteiger partial charge in [-0.2, -0.15) is 0 Å². The molecular weight excluding hydrogens is 364 g/mol. The molecule has 0 saturated heterocycles. The van der Waals surface area contributed by atoms with Crippen LogP contribution in [0.3, 0.4) is 0 Å². The Balaban J connectivity index is 2.19. The van der Waals surface area contributed by atoms with Crippen molar-refractivity contribution in [2.24, 2.45) is 0 Å². The fourth-order valence-corrected chi connectivity index (χ4v) is 3.73. The van der Waals surface area contributed by atoms with Crippen molar-refractivity contribution < 1.29 is 19.5 Å². The number of carboxylic acid groups (broad SMARTS) is 1. The highest BCUT2D eigenvalue weighted by atomic mass is 32.2. The first-order chi connectivity index (χ1) is 12.8. The third-order valence-corrected chi connectivity index (χ3v) is 5.04. The minimum Gasteiger partial charge on any atom is -0.481 e. The predicted molar refractivity (Wildman–Crippen MR) is 108 cm³/mol. The number of aromatic nitrogens is 1. The van der Waals surface area contributed by atoms with Crippen molar-refractivity contribution in [2.45, 2.75) is 39.4 Å². The van der Waals surface area contributed by atoms with E-state index < -0.39 is 5.97 Å². The van der Waals surface area contributed by atoms with Crippen molar-refractivity contribution in [2.75, 3.05) is 11.1 Å². The molecule has 0 saturated carbocycles. The Hall–Kier alpha value is -2.54. The Bertz CT molecular complexity index is 858. The molecule has 0 radical (unpaired) electrons. The van der Waals surface area contributed by atoms with Gasteiger partial charge in [0.25, 0.3) is 5.91 Å². The molecule has 0 spiro atoms. The van der Waals surface area contributed by atoms with Gasteiger partial charge in [-0.05, 0) is 43.5 Å². The number of carboxylic acids is 1. The van der Waals surface area contributed by atoms with E-state index in [2.05, 4.69) is 10.3 Å². The molecule has 144 valence electrons. The zero-order valence-corrected chi connectivity index (χ0v) is 16.5. The molecule has 3 N–H and O–H groups in total. The molecule has 1 aromatic carbocycles. The number of aliphatic carboxylic acids is 1. The highest BCUT2D eigenvalue weighted by Gasteiger charge is 2.22. The topological polar surface area (TPSA) is 99.3 Å². The maximum absolute atomic E-state index is 12.8. The van der Waals surface area contributed by atoms with Crippen LogP contribution in [0.4, 0.5) is 5.69 Å². The number of H-pyrrole nitrogens is 1. The second-order valence-electron chi connectivity index (χ2n) is 6.33. The van der Waals surface area contributed by atoms with Crippen molar-refractivity contribution >= 4 is 35.1 Å². The van der Waals surface area contributed by atoms with Gasteiger partial charge in [0.1, 0.15) is 5.69 Å². The molecule has 6 nitrogen and oxygen atoms in total. The second-order valence-corrected chi connectivity index (χ2v) is 7.31. The molecule has 0 aliphatic heterocycles. The number of carbonyl (C=O) groups excluding carboxylic acids is 2. The number of rotatable bonds is 9. The molecular formula is C20H24N2O4S. The molecule has 1 amide bonds. The van der Waals surface area contributed by atoms with Crippen LogP contribution in [0.1, 0.15) is 57.9 Å². The second kappa shape index (κ2) is 9.41. The van der Waals surface area contributed by atoms with Crippen molar-refractivity contribution in [3.05, 3.63) is 52.3 Å². The van der Waals surface area contributed by atoms with Gasteiger partial charge in [0, 0.05) is 22.7 Å². The van der Waals surface area contributed by atoms with E-state index in [1.54, 1.807) is 13.0 Å². The molecule has 27 heavy (non-hydrogen) atoms. The molecule has 0 aliphatic carbocycles. The number of benzene rings is 1. The van der Waals surface area contributed by atoms with Crippen LogP contribution in [0.2, 0.25) is 0 Å². The lowest BCUT2D eigenvalue weighted by Gasteiger charge is -2.08. The molecule has 2 rings (SSSR count). The highest BCUT2D eigenvalue weighted by Crippen LogP contribution is 2.23. The Kier molecular flexibility index (Phi) is 7.24. The average Bonchev–Trinajstić information content (AvgIpc) is 2.92. The molecule has 2 aromatic rings. The summed E-state index contributed by atoms with van der Waals surface area (Å²) in [6, 6.07) is 7.32. The first-order valence-corrected chi connectivity index (χ1v) is 9.91. The Morgan fingerprint density at radius 1 is 1.26 bits per heavy atom. The SMILES string of the molecule is CCCc1c(C(=O)Nc2cccc(CSCC(=O)O)c2)[nH]c(C)c1C(C)=O. The van der Waals surface area contributed by atoms with Gasteiger partial charge in [0.2, 0.25) is 0 Å². The number of thioether (sulfide) groups is 1. The lowest BCUT2D eigenvalue weighted by atomic mass is 10.0. The van der Waals surface area contributed by atoms with E-state index in [1.807, 2.05) is 25.1 Å². The maximum atomic E-state index is 12.8. The van der Waals surface area contributed by atoms with E-state index in [0.717, 1.165) is 17.5 Å². The third kappa shape index (κ3) is 5.47. The summed E-state index contributed by atoms with van der Waals surface area (Å²) in [5.41, 5.74) is 4.04. The Labute approximate surface area is 162 Å². The van der Waals surface area contributed by atoms with Crippen LogP contribution < -0.4 is 5.32 Å². The number of Topliss-reactive ketones (excluding diaryl/α,β-unsaturated/α-hetero) is 1. The number of ketones is 1. The molecule has 0 fully saturated rings. The molecule has 0 atom stereocenters. The van der Waals surface area contributed by atoms with Gasteiger partial charge in [-0.25, -0.2) is 0 Å². The van der Waals surface area contributed by atoms with Crippen LogP contribution in [0.25, 0.3) is 0 Å². The van der Waals surface area contributed by atoms with Crippen LogP contribution >= 0.6 is 11.8 Å². The van der Waals surface area contributed by atoms with Crippen molar-refractivity contribution in [3.63, 3.8) is 0 Å². The number of anilines is 1. The van der Waals surface area contributed by atoms with Crippen molar-refractivity contribution in [3.8, 4) is 0 Å². The monoisotopic (exact) mass is 388 g/mol. The molecule has 0 bridgehead atoms. The van der Waals surface area contributed by atoms with Crippen molar-refractivity contribution in [1.82, 2.24) is 4.98 Å². The summed E-state index contributed by atoms with van der Waals surface area (Å²) in [6.45, 7) is 5.31. The number of carbonyl (C=O) groups is 3. The number of hydrogen-bond acceptors (Lipinski definition) is 4. The van der Waals surface area contributed by atoms with Gasteiger partial charge in [0.15, 0.2) is 5.78 Å². The minimum atomic E-state index is -0.851. The highest BCUT2D eigenvalue weighted by molar-refractivity contribution is 7.99. The number of nitrogens with one attached hydrogen (secondary N) is 2. The molecule has 1 heterocycles. The number of aryl methyl sites for hydroxylation is 1. The maximum Gasteiger partial charge on any atom is 0.313 e. The fourth-order valence-electron chi connectivity index (χ4n) is 3.04. The third-order valence-electron chi connectivity index (χ3n) is 4.05. The number of amides is 1. The summed E-state index contributed by atoms with van der Waals surface area (Å²) < 4.78 is 0. The zero-order valence-electron chi connectivity index (χ0n) is 15.7. The van der Waals surface area contributed by atoms with Gasteiger partial charge in [0.05, 0.1) is 5.75 Å². The smallest absolute Gasteiger partial charge is 0.313 e. The van der Waals surface area contributed by atoms with Crippen molar-refractivity contribution in [1.29, 1.82) is 0 Å². The molecule has 7 heteroatoms. The molecule has 1 aromatic heterocycles. The van der Waals surface area contributed by atoms with Crippen LogP contribution in [0.5, 0.6) is 0 Å². The molecule has 0 aliphatic rings. The van der Waals surface area contributed by atoms with E-state index in [4.69, 9.17) is 5.11 Å². The normalized spacial score (nSPS) is 10.6. The summed E-state index contributed by atoms with van der Waals surface area (Å²) >= 11 is 1.30. The first kappa shape index (κ1) is 20.8. The predicted octanol–water partition coefficient (Wildman–Crippen LogP) is 4.05. The van der Waals surface area contributed by atoms with Crippen LogP contribution in [-0.2, 0) is 17.0 Å². The van der Waals surface area contributed by atoms with Crippen LogP contribution in [0, 0.1) is 6.92 Å². The average molecular weight is 388 g/mol. The summed E-state index contributed by atoms with van der Waals surface area (Å²) in [7, 11) is 0. The quantitative estimate of drug-likeness (QED) is 0.563. The standard InChI is InChI=1S/C20H24N2O4S/c1-4-6-16-18(13(3)23)12(2)21-19(16)20(26)22-15-8-5-7-14(9-15)10-27-11-17(24)25/h5,7-9,21H,4,6,10-11H2,1-3H3,(H,22,26)(H,24,25). The van der Waals surface area contributed by atoms with Gasteiger partial charge in [-0.15, -0.1) is 11.8 Å². The van der Waals surface area contributed by atoms with E-state index in [1.165, 1.54) is 18.7 Å². The van der Waals surface area contributed by atoms with E-state index >= 15 is 0 Å². The Morgan fingerprint density at radius 3 is 2.63 bits per heavy atom. The van der Waals surface area contributed by atoms with Gasteiger partial charge in [-0.1, -0.05) is 25.5 Å². The fraction of sp³-hybridized carbons (Fsp3) is 0.350. The van der Waals surface area contributed by atoms with Gasteiger partial charge in [-0.3, -0.25) is 14.4 Å². The Morgan fingerprint density at radius 2 is 2.00 bits per heavy atom. The number of aromatic amines is 1. The zero-order chi connectivity index (χ0) is 20.0. The van der Waals surface area contributed by atoms with E-state index in [9.17, 15) is 14.4 Å². The van der Waals surface area contributed by atoms with Crippen LogP contribution in [-0.4, -0.2) is 33.5 Å². The lowest BCUT2D eigenvalue weighted by molar-refractivity contribution is -0.133. The largest absolute Gasteiger partial charge is 0.481 e. The van der Waals surface area contributed by atoms with Gasteiger partial charge >= 0.3 is 5.97 Å². The summed E-state index contributed by atoms with van der Waals surface area (Å²) in [5.74, 6) is -0.607. The summed E-state index contributed by atoms with van der Waals surface area (Å²) in [5, 5.41) is 11.6. The van der Waals surface area contributed by atoms with E-state index in [-0.39, 0.29) is 17.4 Å². The van der Waals surface area contributed by atoms with Gasteiger partial charge < -0.3 is 15.4 Å². The summed E-state index contributed by atoms with van der Waals surface area (Å²) in [6.07, 6.45) is 1.47. The molecule has 0 unspecified atom stereocenters. The van der Waals surface area contributed by atoms with Crippen LogP contribution in [0.15, 0.2) is 24.3 Å². The number of hydrogen-bond donors (Lipinski definition) is 3. The lowest BCUT2D eigenvalue weighted by Crippen LogP contribution is -2.15.